The first-order valence-corrected chi connectivity index (χ1v) is 13.1. The first-order valence-electron chi connectivity index (χ1n) is 13.1. The average Bonchev–Trinajstić information content (AvgIpc) is 3.52. The number of hydrogen-bond donors (Lipinski definition) is 4. The molecule has 4 atom stereocenters. The minimum absolute atomic E-state index is 0.0236. The van der Waals surface area contributed by atoms with Crippen molar-refractivity contribution in [1.82, 2.24) is 15.5 Å². The number of hydrogen-bond acceptors (Lipinski definition) is 6. The van der Waals surface area contributed by atoms with Crippen molar-refractivity contribution < 1.29 is 29.0 Å². The van der Waals surface area contributed by atoms with Gasteiger partial charge in [-0.05, 0) is 52.0 Å². The maximum absolute atomic E-state index is 14.0. The average molecular weight is 517 g/mol. The van der Waals surface area contributed by atoms with Crippen molar-refractivity contribution in [1.29, 1.82) is 0 Å². The smallest absolute Gasteiger partial charge is 0.408 e. The van der Waals surface area contributed by atoms with E-state index in [0.29, 0.717) is 6.42 Å². The van der Waals surface area contributed by atoms with E-state index in [0.717, 1.165) is 32.1 Å². The minimum atomic E-state index is -1.34. The van der Waals surface area contributed by atoms with Gasteiger partial charge in [0.1, 0.15) is 23.4 Å². The Morgan fingerprint density at radius 3 is 2.30 bits per heavy atom. The van der Waals surface area contributed by atoms with Gasteiger partial charge in [-0.2, -0.15) is 0 Å². The lowest BCUT2D eigenvalue weighted by molar-refractivity contribution is -0.144. The van der Waals surface area contributed by atoms with Gasteiger partial charge in [-0.25, -0.2) is 4.79 Å². The molecule has 0 heterocycles. The first kappa shape index (κ1) is 28.3. The lowest BCUT2D eigenvalue weighted by Gasteiger charge is -2.36. The Hall–Kier alpha value is -3.30. The van der Waals surface area contributed by atoms with Crippen molar-refractivity contribution >= 4 is 23.8 Å². The van der Waals surface area contributed by atoms with E-state index in [1.54, 1.807) is 39.0 Å². The number of para-hydroxylation sites is 1. The van der Waals surface area contributed by atoms with Gasteiger partial charge in [-0.3, -0.25) is 14.4 Å². The number of amides is 4. The zero-order valence-electron chi connectivity index (χ0n) is 22.2. The molecule has 2 fully saturated rings. The number of primary amides is 1. The molecule has 4 amide bonds. The van der Waals surface area contributed by atoms with Crippen LogP contribution < -0.4 is 16.4 Å². The number of carbonyl (C=O) groups is 4. The van der Waals surface area contributed by atoms with Crippen LogP contribution in [0.25, 0.3) is 0 Å². The van der Waals surface area contributed by atoms with Gasteiger partial charge in [-0.1, -0.05) is 44.4 Å². The molecule has 10 heteroatoms. The number of phenolic OH excluding ortho intramolecular Hbond substituents is 1. The SMILES string of the molecule is CC1CC1N(C(=O)C(CC(N)=O)NC(=O)OC(C)(C)C)C(C(=O)NC1CCCCC1)c1ccccc1O. The minimum Gasteiger partial charge on any atom is -0.508 e. The standard InChI is InChI=1S/C27H40N4O6/c1-16-14-20(16)31(25(35)19(15-22(28)33)30-26(36)37-27(2,3)4)23(18-12-8-9-13-21(18)32)24(34)29-17-10-6-5-7-11-17/h8-9,12-13,16-17,19-20,23,32H,5-7,10-11,14-15H2,1-4H3,(H2,28,33)(H,29,34)(H,30,36). The van der Waals surface area contributed by atoms with Crippen LogP contribution in [0.4, 0.5) is 4.79 Å². The van der Waals surface area contributed by atoms with Gasteiger partial charge in [0.05, 0.1) is 6.42 Å². The third kappa shape index (κ3) is 7.84. The van der Waals surface area contributed by atoms with Gasteiger partial charge in [0.15, 0.2) is 0 Å². The third-order valence-corrected chi connectivity index (χ3v) is 6.78. The summed E-state index contributed by atoms with van der Waals surface area (Å²) in [5.74, 6) is -1.86. The second-order valence-electron chi connectivity index (χ2n) is 11.2. The summed E-state index contributed by atoms with van der Waals surface area (Å²) >= 11 is 0. The number of rotatable bonds is 9. The molecule has 3 rings (SSSR count). The zero-order valence-corrected chi connectivity index (χ0v) is 22.2. The van der Waals surface area contributed by atoms with Crippen LogP contribution in [0.3, 0.4) is 0 Å². The molecule has 2 aliphatic carbocycles. The fourth-order valence-corrected chi connectivity index (χ4v) is 4.87. The fraction of sp³-hybridized carbons (Fsp3) is 0.630. The highest BCUT2D eigenvalue weighted by atomic mass is 16.6. The highest BCUT2D eigenvalue weighted by Gasteiger charge is 2.49. The highest BCUT2D eigenvalue weighted by Crippen LogP contribution is 2.42. The van der Waals surface area contributed by atoms with Gasteiger partial charge in [-0.15, -0.1) is 0 Å². The number of ether oxygens (including phenoxy) is 1. The number of aromatic hydroxyl groups is 1. The number of benzene rings is 1. The van der Waals surface area contributed by atoms with Crippen molar-refractivity contribution in [2.75, 3.05) is 0 Å². The molecule has 4 unspecified atom stereocenters. The molecular weight excluding hydrogens is 476 g/mol. The maximum atomic E-state index is 14.0. The second-order valence-corrected chi connectivity index (χ2v) is 11.2. The molecule has 0 aromatic heterocycles. The van der Waals surface area contributed by atoms with E-state index >= 15 is 0 Å². The summed E-state index contributed by atoms with van der Waals surface area (Å²) in [4.78, 5) is 53.6. The summed E-state index contributed by atoms with van der Waals surface area (Å²) in [6.45, 7) is 6.99. The predicted molar refractivity (Wildman–Crippen MR) is 137 cm³/mol. The number of nitrogens with zero attached hydrogens (tertiary/aromatic N) is 1. The Bertz CT molecular complexity index is 1000. The predicted octanol–water partition coefficient (Wildman–Crippen LogP) is 2.89. The van der Waals surface area contributed by atoms with Crippen LogP contribution in [0.5, 0.6) is 5.75 Å². The molecule has 10 nitrogen and oxygen atoms in total. The largest absolute Gasteiger partial charge is 0.508 e. The molecule has 1 aromatic rings. The second kappa shape index (κ2) is 11.8. The van der Waals surface area contributed by atoms with Gasteiger partial charge in [0.2, 0.25) is 17.7 Å². The van der Waals surface area contributed by atoms with Crippen LogP contribution in [-0.4, -0.2) is 57.5 Å². The van der Waals surface area contributed by atoms with Crippen LogP contribution in [0.2, 0.25) is 0 Å². The van der Waals surface area contributed by atoms with Crippen molar-refractivity contribution in [3.05, 3.63) is 29.8 Å². The molecule has 0 spiro atoms. The number of phenols is 1. The van der Waals surface area contributed by atoms with E-state index in [9.17, 15) is 24.3 Å². The van der Waals surface area contributed by atoms with Gasteiger partial charge in [0, 0.05) is 17.6 Å². The summed E-state index contributed by atoms with van der Waals surface area (Å²) in [7, 11) is 0. The Morgan fingerprint density at radius 2 is 1.76 bits per heavy atom. The van der Waals surface area contributed by atoms with Crippen LogP contribution in [0.1, 0.15) is 84.2 Å². The summed E-state index contributed by atoms with van der Waals surface area (Å²) in [6.07, 6.45) is 4.13. The lowest BCUT2D eigenvalue weighted by atomic mass is 9.94. The topological polar surface area (TPSA) is 151 Å². The van der Waals surface area contributed by atoms with Gasteiger partial charge >= 0.3 is 6.09 Å². The van der Waals surface area contributed by atoms with Crippen LogP contribution in [0, 0.1) is 5.92 Å². The summed E-state index contributed by atoms with van der Waals surface area (Å²) in [5.41, 5.74) is 4.88. The summed E-state index contributed by atoms with van der Waals surface area (Å²) in [5, 5.41) is 16.3. The van der Waals surface area contributed by atoms with Crippen LogP contribution in [-0.2, 0) is 19.1 Å². The maximum Gasteiger partial charge on any atom is 0.408 e. The number of alkyl carbamates (subject to hydrolysis) is 1. The van der Waals surface area contributed by atoms with Crippen LogP contribution >= 0.6 is 0 Å². The first-order chi connectivity index (χ1) is 17.4. The molecule has 204 valence electrons. The van der Waals surface area contributed by atoms with Crippen molar-refractivity contribution in [3.63, 3.8) is 0 Å². The van der Waals surface area contributed by atoms with E-state index in [2.05, 4.69) is 10.6 Å². The van der Waals surface area contributed by atoms with Crippen molar-refractivity contribution in [2.45, 2.75) is 102 Å². The summed E-state index contributed by atoms with van der Waals surface area (Å²) < 4.78 is 5.30. The van der Waals surface area contributed by atoms with E-state index in [1.165, 1.54) is 11.0 Å². The van der Waals surface area contributed by atoms with Crippen LogP contribution in [0.15, 0.2) is 24.3 Å². The quantitative estimate of drug-likeness (QED) is 0.396. The van der Waals surface area contributed by atoms with Crippen molar-refractivity contribution in [3.8, 4) is 5.75 Å². The molecule has 0 radical (unpaired) electrons. The monoisotopic (exact) mass is 516 g/mol. The molecule has 5 N–H and O–H groups in total. The van der Waals surface area contributed by atoms with Gasteiger partial charge < -0.3 is 31.1 Å². The molecule has 1 aromatic carbocycles. The van der Waals surface area contributed by atoms with E-state index < -0.39 is 47.9 Å². The zero-order chi connectivity index (χ0) is 27.3. The Labute approximate surface area is 218 Å². The summed E-state index contributed by atoms with van der Waals surface area (Å²) in [6, 6.07) is 3.58. The molecular formula is C27H40N4O6. The third-order valence-electron chi connectivity index (χ3n) is 6.78. The lowest BCUT2D eigenvalue weighted by Crippen LogP contribution is -2.55. The number of nitrogens with one attached hydrogen (secondary N) is 2. The Morgan fingerprint density at radius 1 is 1.14 bits per heavy atom. The van der Waals surface area contributed by atoms with Gasteiger partial charge in [0.25, 0.3) is 0 Å². The highest BCUT2D eigenvalue weighted by molar-refractivity contribution is 5.95. The Balaban J connectivity index is 1.98. The fourth-order valence-electron chi connectivity index (χ4n) is 4.87. The van der Waals surface area contributed by atoms with E-state index in [1.807, 2.05) is 6.92 Å². The molecule has 0 saturated heterocycles. The van der Waals surface area contributed by atoms with Crippen molar-refractivity contribution in [2.24, 2.45) is 11.7 Å². The van der Waals surface area contributed by atoms with E-state index in [4.69, 9.17) is 10.5 Å². The molecule has 0 aliphatic heterocycles. The molecule has 2 saturated carbocycles. The van der Waals surface area contributed by atoms with E-state index in [-0.39, 0.29) is 29.3 Å². The molecule has 2 aliphatic rings. The molecule has 0 bridgehead atoms. The normalized spacial score (nSPS) is 21.3. The molecule has 37 heavy (non-hydrogen) atoms. The Kier molecular flexibility index (Phi) is 9.04. The number of carbonyl (C=O) groups excluding carboxylic acids is 4. The number of nitrogens with two attached hydrogens (primary N) is 1.